The van der Waals surface area contributed by atoms with Gasteiger partial charge in [-0.2, -0.15) is 0 Å². The van der Waals surface area contributed by atoms with Crippen LogP contribution in [0.5, 0.6) is 0 Å². The zero-order chi connectivity index (χ0) is 5.82. The number of ether oxygens (including phenoxy) is 2. The molecule has 1 aliphatic rings. The van der Waals surface area contributed by atoms with Gasteiger partial charge in [0.1, 0.15) is 6.79 Å². The van der Waals surface area contributed by atoms with E-state index < -0.39 is 0 Å². The maximum Gasteiger partial charge on any atom is 0.147 e. The predicted octanol–water partition coefficient (Wildman–Crippen LogP) is 1.14. The van der Waals surface area contributed by atoms with E-state index in [-0.39, 0.29) is 0 Å². The molecule has 3 heteroatoms. The fourth-order valence-corrected chi connectivity index (χ4v) is 1.13. The highest BCUT2D eigenvalue weighted by Crippen LogP contribution is 2.07. The summed E-state index contributed by atoms with van der Waals surface area (Å²) in [5.74, 6) is 0. The second-order valence-corrected chi connectivity index (χ2v) is 2.41. The van der Waals surface area contributed by atoms with Gasteiger partial charge in [0.15, 0.2) is 0 Å². The number of halogens is 1. The Balaban J connectivity index is 2.13. The van der Waals surface area contributed by atoms with Crippen LogP contribution in [0.25, 0.3) is 0 Å². The molecule has 1 aliphatic heterocycles. The van der Waals surface area contributed by atoms with Crippen LogP contribution in [-0.4, -0.2) is 24.8 Å². The number of hydrogen-bond acceptors (Lipinski definition) is 2. The average Bonchev–Trinajstić information content (AvgIpc) is 1.90. The van der Waals surface area contributed by atoms with Crippen LogP contribution in [0.3, 0.4) is 0 Å². The number of hydrogen-bond donors (Lipinski definition) is 0. The lowest BCUT2D eigenvalue weighted by atomic mass is 10.3. The summed E-state index contributed by atoms with van der Waals surface area (Å²) in [5.41, 5.74) is 0. The molecule has 0 radical (unpaired) electrons. The highest BCUT2D eigenvalue weighted by molar-refractivity contribution is 9.09. The molecule has 0 saturated carbocycles. The maximum absolute atomic E-state index is 5.16. The van der Waals surface area contributed by atoms with Gasteiger partial charge >= 0.3 is 0 Å². The van der Waals surface area contributed by atoms with Crippen LogP contribution in [-0.2, 0) is 9.47 Å². The van der Waals surface area contributed by atoms with Gasteiger partial charge in [-0.1, -0.05) is 15.9 Å². The summed E-state index contributed by atoms with van der Waals surface area (Å²) in [6.07, 6.45) is 1.40. The molecule has 48 valence electrons. The van der Waals surface area contributed by atoms with Crippen molar-refractivity contribution in [3.8, 4) is 0 Å². The quantitative estimate of drug-likeness (QED) is 0.564. The molecule has 8 heavy (non-hydrogen) atoms. The minimum Gasteiger partial charge on any atom is -0.355 e. The van der Waals surface area contributed by atoms with Gasteiger partial charge < -0.3 is 9.47 Å². The first-order valence-corrected chi connectivity index (χ1v) is 3.81. The average molecular weight is 181 g/mol. The van der Waals surface area contributed by atoms with E-state index in [0.717, 1.165) is 18.4 Å². The Kier molecular flexibility index (Phi) is 2.80. The van der Waals surface area contributed by atoms with E-state index in [4.69, 9.17) is 9.47 Å². The molecule has 2 nitrogen and oxygen atoms in total. The third kappa shape index (κ3) is 1.73. The zero-order valence-electron chi connectivity index (χ0n) is 4.60. The van der Waals surface area contributed by atoms with Crippen molar-refractivity contribution in [2.45, 2.75) is 12.5 Å². The van der Waals surface area contributed by atoms with E-state index in [1.165, 1.54) is 0 Å². The van der Waals surface area contributed by atoms with Crippen LogP contribution in [0.1, 0.15) is 6.42 Å². The first-order valence-electron chi connectivity index (χ1n) is 2.69. The fraction of sp³-hybridized carbons (Fsp3) is 1.00. The van der Waals surface area contributed by atoms with Crippen molar-refractivity contribution >= 4 is 15.9 Å². The largest absolute Gasteiger partial charge is 0.355 e. The van der Waals surface area contributed by atoms with Gasteiger partial charge in [-0.15, -0.1) is 0 Å². The van der Waals surface area contributed by atoms with E-state index in [9.17, 15) is 0 Å². The highest BCUT2D eigenvalue weighted by atomic mass is 79.9. The Bertz CT molecular complexity index is 61.4. The normalized spacial score (nSPS) is 30.4. The van der Waals surface area contributed by atoms with E-state index in [0.29, 0.717) is 12.9 Å². The molecule has 1 heterocycles. The van der Waals surface area contributed by atoms with Crippen molar-refractivity contribution in [3.05, 3.63) is 0 Å². The standard InChI is InChI=1S/C5H9BrO2/c6-3-5-1-2-7-4-8-5/h5H,1-4H2/t5-/m1/s1. The summed E-state index contributed by atoms with van der Waals surface area (Å²) in [7, 11) is 0. The minimum atomic E-state index is 0.378. The van der Waals surface area contributed by atoms with Crippen molar-refractivity contribution < 1.29 is 9.47 Å². The molecule has 0 N–H and O–H groups in total. The first kappa shape index (κ1) is 6.52. The molecule has 0 unspecified atom stereocenters. The summed E-state index contributed by atoms with van der Waals surface area (Å²) in [6, 6.07) is 0. The van der Waals surface area contributed by atoms with Crippen molar-refractivity contribution in [1.82, 2.24) is 0 Å². The second-order valence-electron chi connectivity index (χ2n) is 1.76. The van der Waals surface area contributed by atoms with Gasteiger partial charge in [-0.05, 0) is 6.42 Å². The van der Waals surface area contributed by atoms with Crippen molar-refractivity contribution in [2.75, 3.05) is 18.7 Å². The van der Waals surface area contributed by atoms with E-state index in [2.05, 4.69) is 15.9 Å². The molecule has 0 aliphatic carbocycles. The zero-order valence-corrected chi connectivity index (χ0v) is 6.19. The Morgan fingerprint density at radius 1 is 1.62 bits per heavy atom. The van der Waals surface area contributed by atoms with Crippen molar-refractivity contribution in [3.63, 3.8) is 0 Å². The van der Waals surface area contributed by atoms with Crippen LogP contribution in [0.2, 0.25) is 0 Å². The highest BCUT2D eigenvalue weighted by Gasteiger charge is 2.10. The van der Waals surface area contributed by atoms with Gasteiger partial charge in [0.05, 0.1) is 12.7 Å². The molecule has 1 rings (SSSR count). The molecule has 1 saturated heterocycles. The lowest BCUT2D eigenvalue weighted by Gasteiger charge is -2.20. The Morgan fingerprint density at radius 2 is 2.50 bits per heavy atom. The third-order valence-corrected chi connectivity index (χ3v) is 1.87. The molecular weight excluding hydrogens is 172 g/mol. The topological polar surface area (TPSA) is 18.5 Å². The molecule has 0 aromatic carbocycles. The van der Waals surface area contributed by atoms with E-state index >= 15 is 0 Å². The van der Waals surface area contributed by atoms with Gasteiger partial charge in [0, 0.05) is 5.33 Å². The summed E-state index contributed by atoms with van der Waals surface area (Å²) >= 11 is 3.33. The summed E-state index contributed by atoms with van der Waals surface area (Å²) in [6.45, 7) is 1.31. The third-order valence-electron chi connectivity index (χ3n) is 1.14. The van der Waals surface area contributed by atoms with Gasteiger partial charge in [0.25, 0.3) is 0 Å². The van der Waals surface area contributed by atoms with Crippen molar-refractivity contribution in [2.24, 2.45) is 0 Å². The molecule has 1 atom stereocenters. The van der Waals surface area contributed by atoms with Crippen LogP contribution in [0.4, 0.5) is 0 Å². The van der Waals surface area contributed by atoms with Gasteiger partial charge in [-0.25, -0.2) is 0 Å². The number of rotatable bonds is 1. The van der Waals surface area contributed by atoms with Gasteiger partial charge in [0.2, 0.25) is 0 Å². The molecular formula is C5H9BrO2. The van der Waals surface area contributed by atoms with Crippen LogP contribution in [0, 0.1) is 0 Å². The van der Waals surface area contributed by atoms with Crippen molar-refractivity contribution in [1.29, 1.82) is 0 Å². The maximum atomic E-state index is 5.16. The second kappa shape index (κ2) is 3.43. The van der Waals surface area contributed by atoms with Crippen LogP contribution < -0.4 is 0 Å². The van der Waals surface area contributed by atoms with Gasteiger partial charge in [-0.3, -0.25) is 0 Å². The summed E-state index contributed by atoms with van der Waals surface area (Å²) in [5, 5.41) is 0.927. The lowest BCUT2D eigenvalue weighted by Crippen LogP contribution is -2.24. The number of alkyl halides is 1. The smallest absolute Gasteiger partial charge is 0.147 e. The molecule has 0 aromatic heterocycles. The fourth-order valence-electron chi connectivity index (χ4n) is 0.623. The lowest BCUT2D eigenvalue weighted by molar-refractivity contribution is -0.130. The van der Waals surface area contributed by atoms with E-state index in [1.807, 2.05) is 0 Å². The Morgan fingerprint density at radius 3 is 2.88 bits per heavy atom. The predicted molar refractivity (Wildman–Crippen MR) is 34.1 cm³/mol. The molecule has 0 aromatic rings. The van der Waals surface area contributed by atoms with E-state index in [1.54, 1.807) is 0 Å². The molecule has 0 amide bonds. The monoisotopic (exact) mass is 180 g/mol. The summed E-state index contributed by atoms with van der Waals surface area (Å²) < 4.78 is 10.1. The Hall–Kier alpha value is 0.400. The SMILES string of the molecule is BrC[C@H]1CCOCO1. The summed E-state index contributed by atoms with van der Waals surface area (Å²) in [4.78, 5) is 0. The molecule has 1 fully saturated rings. The first-order chi connectivity index (χ1) is 3.93. The van der Waals surface area contributed by atoms with Crippen LogP contribution in [0.15, 0.2) is 0 Å². The van der Waals surface area contributed by atoms with Crippen LogP contribution >= 0.6 is 15.9 Å². The molecule has 0 bridgehead atoms. The Labute approximate surface area is 57.3 Å². The molecule has 0 spiro atoms. The minimum absolute atomic E-state index is 0.378.